The van der Waals surface area contributed by atoms with E-state index in [1.54, 1.807) is 17.5 Å². The van der Waals surface area contributed by atoms with Crippen molar-refractivity contribution in [3.05, 3.63) is 46.2 Å². The molecule has 2 aromatic heterocycles. The molecular weight excluding hydrogens is 258 g/mol. The van der Waals surface area contributed by atoms with Crippen molar-refractivity contribution in [2.75, 3.05) is 0 Å². The van der Waals surface area contributed by atoms with Gasteiger partial charge in [0.1, 0.15) is 0 Å². The first-order valence-corrected chi connectivity index (χ1v) is 5.78. The van der Waals surface area contributed by atoms with Crippen molar-refractivity contribution in [3.63, 3.8) is 0 Å². The zero-order chi connectivity index (χ0) is 11.2. The van der Waals surface area contributed by atoms with Crippen molar-refractivity contribution in [2.45, 2.75) is 12.8 Å². The summed E-state index contributed by atoms with van der Waals surface area (Å²) in [6, 6.07) is 5.89. The first-order chi connectivity index (χ1) is 7.88. The van der Waals surface area contributed by atoms with E-state index in [0.29, 0.717) is 5.69 Å². The first-order valence-electron chi connectivity index (χ1n) is 4.90. The Labute approximate surface area is 109 Å². The zero-order valence-corrected chi connectivity index (χ0v) is 10.6. The number of hydrogen-bond acceptors (Lipinski definition) is 5. The van der Waals surface area contributed by atoms with Gasteiger partial charge in [0.25, 0.3) is 0 Å². The van der Waals surface area contributed by atoms with E-state index in [1.165, 1.54) is 6.21 Å². The normalized spacial score (nSPS) is 10.4. The van der Waals surface area contributed by atoms with Crippen LogP contribution in [0.1, 0.15) is 16.4 Å². The molecule has 1 N–H and O–H groups in total. The van der Waals surface area contributed by atoms with Gasteiger partial charge in [-0.3, -0.25) is 4.98 Å². The lowest BCUT2D eigenvalue weighted by molar-refractivity contribution is 0.321. The molecule has 0 saturated heterocycles. The Morgan fingerprint density at radius 2 is 2.24 bits per heavy atom. The summed E-state index contributed by atoms with van der Waals surface area (Å²) in [5.74, 6) is 0. The van der Waals surface area contributed by atoms with Gasteiger partial charge in [0, 0.05) is 23.7 Å². The van der Waals surface area contributed by atoms with Gasteiger partial charge in [0.15, 0.2) is 0 Å². The van der Waals surface area contributed by atoms with Crippen molar-refractivity contribution in [1.29, 1.82) is 0 Å². The third-order valence-electron chi connectivity index (χ3n) is 2.08. The summed E-state index contributed by atoms with van der Waals surface area (Å²) >= 11 is 1.57. The fourth-order valence-electron chi connectivity index (χ4n) is 1.34. The maximum Gasteiger partial charge on any atom is 0.0958 e. The minimum absolute atomic E-state index is 0. The van der Waals surface area contributed by atoms with Crippen LogP contribution < -0.4 is 0 Å². The van der Waals surface area contributed by atoms with Gasteiger partial charge in [-0.05, 0) is 18.6 Å². The van der Waals surface area contributed by atoms with Crippen molar-refractivity contribution >= 4 is 30.0 Å². The standard InChI is InChI=1S/C11H11N3OS.ClH/c15-13-7-10-8-16-11(14-10)5-4-9-3-1-2-6-12-9;/h1-3,6-8,15H,4-5H2;1H. The minimum Gasteiger partial charge on any atom is -0.411 e. The Morgan fingerprint density at radius 3 is 2.94 bits per heavy atom. The molecule has 0 unspecified atom stereocenters. The van der Waals surface area contributed by atoms with E-state index in [2.05, 4.69) is 15.1 Å². The number of pyridine rings is 1. The van der Waals surface area contributed by atoms with E-state index < -0.39 is 0 Å². The smallest absolute Gasteiger partial charge is 0.0958 e. The number of aryl methyl sites for hydroxylation is 2. The Morgan fingerprint density at radius 1 is 1.35 bits per heavy atom. The highest BCUT2D eigenvalue weighted by Crippen LogP contribution is 2.11. The van der Waals surface area contributed by atoms with Gasteiger partial charge >= 0.3 is 0 Å². The number of nitrogens with zero attached hydrogens (tertiary/aromatic N) is 3. The summed E-state index contributed by atoms with van der Waals surface area (Å²) in [5.41, 5.74) is 1.76. The highest BCUT2D eigenvalue weighted by molar-refractivity contribution is 7.09. The van der Waals surface area contributed by atoms with E-state index in [1.807, 2.05) is 23.6 Å². The van der Waals surface area contributed by atoms with Crippen LogP contribution in [0.5, 0.6) is 0 Å². The van der Waals surface area contributed by atoms with Crippen molar-refractivity contribution < 1.29 is 5.21 Å². The average Bonchev–Trinajstić information content (AvgIpc) is 2.76. The van der Waals surface area contributed by atoms with Crippen molar-refractivity contribution in [3.8, 4) is 0 Å². The predicted octanol–water partition coefficient (Wildman–Crippen LogP) is 2.55. The maximum absolute atomic E-state index is 8.36. The van der Waals surface area contributed by atoms with E-state index in [9.17, 15) is 0 Å². The van der Waals surface area contributed by atoms with Crippen LogP contribution in [0.3, 0.4) is 0 Å². The molecule has 2 heterocycles. The molecule has 0 aliphatic carbocycles. The van der Waals surface area contributed by atoms with Crippen LogP contribution in [0.25, 0.3) is 0 Å². The fourth-order valence-corrected chi connectivity index (χ4v) is 2.09. The highest BCUT2D eigenvalue weighted by Gasteiger charge is 2.01. The second-order valence-corrected chi connectivity index (χ2v) is 4.17. The largest absolute Gasteiger partial charge is 0.411 e. The number of aromatic nitrogens is 2. The lowest BCUT2D eigenvalue weighted by Gasteiger charge is -1.96. The number of thiazole rings is 1. The van der Waals surface area contributed by atoms with Crippen molar-refractivity contribution in [1.82, 2.24) is 9.97 Å². The summed E-state index contributed by atoms with van der Waals surface area (Å²) in [6.07, 6.45) is 4.87. The molecule has 0 radical (unpaired) electrons. The van der Waals surface area contributed by atoms with E-state index in [-0.39, 0.29) is 12.4 Å². The van der Waals surface area contributed by atoms with E-state index in [4.69, 9.17) is 5.21 Å². The van der Waals surface area contributed by atoms with Crippen molar-refractivity contribution in [2.24, 2.45) is 5.16 Å². The summed E-state index contributed by atoms with van der Waals surface area (Å²) < 4.78 is 0. The number of rotatable bonds is 4. The third kappa shape index (κ3) is 4.13. The van der Waals surface area contributed by atoms with Crippen LogP contribution in [-0.4, -0.2) is 21.4 Å². The topological polar surface area (TPSA) is 58.4 Å². The van der Waals surface area contributed by atoms with Gasteiger partial charge in [-0.15, -0.1) is 23.7 Å². The molecule has 6 heteroatoms. The molecule has 0 aliphatic heterocycles. The maximum atomic E-state index is 8.36. The van der Waals surface area contributed by atoms with Gasteiger partial charge in [-0.1, -0.05) is 11.2 Å². The molecule has 2 rings (SSSR count). The molecule has 0 spiro atoms. The van der Waals surface area contributed by atoms with Crippen LogP contribution in [0.15, 0.2) is 34.9 Å². The lowest BCUT2D eigenvalue weighted by Crippen LogP contribution is -1.93. The van der Waals surface area contributed by atoms with Gasteiger partial charge in [0.05, 0.1) is 16.9 Å². The molecule has 0 amide bonds. The predicted molar refractivity (Wildman–Crippen MR) is 70.4 cm³/mol. The Bertz CT molecular complexity index is 473. The quantitative estimate of drug-likeness (QED) is 0.527. The van der Waals surface area contributed by atoms with Gasteiger partial charge in [0.2, 0.25) is 0 Å². The van der Waals surface area contributed by atoms with E-state index in [0.717, 1.165) is 23.5 Å². The van der Waals surface area contributed by atoms with Crippen LogP contribution in [0.2, 0.25) is 0 Å². The van der Waals surface area contributed by atoms with Gasteiger partial charge in [-0.2, -0.15) is 0 Å². The molecule has 17 heavy (non-hydrogen) atoms. The summed E-state index contributed by atoms with van der Waals surface area (Å²) in [6.45, 7) is 0. The summed E-state index contributed by atoms with van der Waals surface area (Å²) in [5, 5.41) is 14.2. The Kier molecular flexibility index (Phi) is 5.59. The zero-order valence-electron chi connectivity index (χ0n) is 8.98. The lowest BCUT2D eigenvalue weighted by atomic mass is 10.2. The highest BCUT2D eigenvalue weighted by atomic mass is 35.5. The SMILES string of the molecule is Cl.ON=Cc1csc(CCc2ccccn2)n1. The molecule has 2 aromatic rings. The molecule has 0 aromatic carbocycles. The Balaban J connectivity index is 0.00000144. The second kappa shape index (κ2) is 6.98. The second-order valence-electron chi connectivity index (χ2n) is 3.23. The Hall–Kier alpha value is -1.46. The third-order valence-corrected chi connectivity index (χ3v) is 3.01. The molecule has 0 saturated carbocycles. The van der Waals surface area contributed by atoms with Crippen LogP contribution >= 0.6 is 23.7 Å². The molecule has 90 valence electrons. The van der Waals surface area contributed by atoms with Crippen LogP contribution in [0, 0.1) is 0 Å². The average molecular weight is 270 g/mol. The number of halogens is 1. The molecule has 0 aliphatic rings. The van der Waals surface area contributed by atoms with Gasteiger partial charge in [-0.25, -0.2) is 4.98 Å². The monoisotopic (exact) mass is 269 g/mol. The first kappa shape index (κ1) is 13.6. The molecule has 4 nitrogen and oxygen atoms in total. The summed E-state index contributed by atoms with van der Waals surface area (Å²) in [7, 11) is 0. The van der Waals surface area contributed by atoms with E-state index >= 15 is 0 Å². The number of hydrogen-bond donors (Lipinski definition) is 1. The molecule has 0 bridgehead atoms. The minimum atomic E-state index is 0. The fraction of sp³-hybridized carbons (Fsp3) is 0.182. The van der Waals surface area contributed by atoms with Gasteiger partial charge < -0.3 is 5.21 Å². The summed E-state index contributed by atoms with van der Waals surface area (Å²) in [4.78, 5) is 8.54. The molecular formula is C11H12ClN3OS. The number of oxime groups is 1. The molecule has 0 atom stereocenters. The molecule has 0 fully saturated rings. The van der Waals surface area contributed by atoms with Crippen LogP contribution in [-0.2, 0) is 12.8 Å². The van der Waals surface area contributed by atoms with Crippen LogP contribution in [0.4, 0.5) is 0 Å².